The number of aromatic nitrogens is 2. The van der Waals surface area contributed by atoms with Gasteiger partial charge in [0.2, 0.25) is 11.9 Å². The van der Waals surface area contributed by atoms with Crippen LogP contribution in [-0.2, 0) is 4.79 Å². The summed E-state index contributed by atoms with van der Waals surface area (Å²) in [7, 11) is 0. The van der Waals surface area contributed by atoms with Crippen LogP contribution >= 0.6 is 0 Å². The second kappa shape index (κ2) is 10.4. The van der Waals surface area contributed by atoms with Crippen LogP contribution in [0.2, 0.25) is 0 Å². The Morgan fingerprint density at radius 2 is 1.70 bits per heavy atom. The molecule has 1 atom stereocenters. The van der Waals surface area contributed by atoms with E-state index in [-0.39, 0.29) is 5.91 Å². The zero-order valence-electron chi connectivity index (χ0n) is 18.6. The van der Waals surface area contributed by atoms with E-state index in [0.29, 0.717) is 12.1 Å². The molecule has 7 heteroatoms. The summed E-state index contributed by atoms with van der Waals surface area (Å²) in [6.07, 6.45) is 12.9. The molecule has 0 spiro atoms. The summed E-state index contributed by atoms with van der Waals surface area (Å²) in [5.74, 6) is 2.05. The number of hydrogen-bond acceptors (Lipinski definition) is 6. The average Bonchev–Trinajstić information content (AvgIpc) is 3.17. The molecule has 30 heavy (non-hydrogen) atoms. The molecule has 166 valence electrons. The third kappa shape index (κ3) is 5.62. The lowest BCUT2D eigenvalue weighted by Gasteiger charge is -2.39. The van der Waals surface area contributed by atoms with Crippen molar-refractivity contribution in [2.75, 3.05) is 49.5 Å². The van der Waals surface area contributed by atoms with Crippen molar-refractivity contribution >= 4 is 17.7 Å². The molecule has 3 aliphatic rings. The monoisotopic (exact) mass is 414 g/mol. The summed E-state index contributed by atoms with van der Waals surface area (Å²) in [6, 6.07) is 3.03. The van der Waals surface area contributed by atoms with Crippen molar-refractivity contribution in [1.29, 1.82) is 0 Å². The van der Waals surface area contributed by atoms with E-state index >= 15 is 0 Å². The van der Waals surface area contributed by atoms with Crippen molar-refractivity contribution in [3.05, 3.63) is 12.3 Å². The van der Waals surface area contributed by atoms with Gasteiger partial charge in [-0.3, -0.25) is 9.69 Å². The van der Waals surface area contributed by atoms with Crippen molar-refractivity contribution in [1.82, 2.24) is 19.8 Å². The second-order valence-electron chi connectivity index (χ2n) is 9.21. The van der Waals surface area contributed by atoms with Gasteiger partial charge in [0.1, 0.15) is 5.82 Å². The summed E-state index contributed by atoms with van der Waals surface area (Å²) in [4.78, 5) is 28.1. The van der Waals surface area contributed by atoms with E-state index < -0.39 is 0 Å². The van der Waals surface area contributed by atoms with Crippen molar-refractivity contribution in [2.45, 2.75) is 76.8 Å². The van der Waals surface area contributed by atoms with E-state index in [0.717, 1.165) is 63.9 Å². The van der Waals surface area contributed by atoms with Crippen LogP contribution in [0, 0.1) is 0 Å². The van der Waals surface area contributed by atoms with Crippen molar-refractivity contribution in [3.63, 3.8) is 0 Å². The number of amides is 1. The molecule has 0 bridgehead atoms. The third-order valence-corrected chi connectivity index (χ3v) is 7.03. The summed E-state index contributed by atoms with van der Waals surface area (Å²) >= 11 is 0. The molecular weight excluding hydrogens is 376 g/mol. The number of anilines is 2. The Labute approximate surface area is 181 Å². The highest BCUT2D eigenvalue weighted by Crippen LogP contribution is 2.23. The minimum absolute atomic E-state index is 0.213. The lowest BCUT2D eigenvalue weighted by atomic mass is 10.0. The lowest BCUT2D eigenvalue weighted by molar-refractivity contribution is -0.130. The van der Waals surface area contributed by atoms with Gasteiger partial charge in [-0.25, -0.2) is 4.98 Å². The molecule has 0 aromatic carbocycles. The van der Waals surface area contributed by atoms with Crippen molar-refractivity contribution in [3.8, 4) is 0 Å². The smallest absolute Gasteiger partial charge is 0.224 e. The molecule has 1 N–H and O–H groups in total. The Balaban J connectivity index is 1.35. The number of carbonyl (C=O) groups excluding carboxylic acids is 1. The zero-order chi connectivity index (χ0) is 20.8. The van der Waals surface area contributed by atoms with E-state index in [1.807, 2.05) is 11.1 Å². The maximum atomic E-state index is 11.6. The first-order valence-electron chi connectivity index (χ1n) is 12.0. The molecule has 4 heterocycles. The molecule has 4 rings (SSSR count). The first-order chi connectivity index (χ1) is 14.7. The Morgan fingerprint density at radius 1 is 0.967 bits per heavy atom. The maximum absolute atomic E-state index is 11.6. The molecule has 3 fully saturated rings. The molecule has 0 aliphatic carbocycles. The van der Waals surface area contributed by atoms with E-state index in [1.165, 1.54) is 44.9 Å². The minimum atomic E-state index is 0.213. The second-order valence-corrected chi connectivity index (χ2v) is 9.21. The topological polar surface area (TPSA) is 64.6 Å². The Morgan fingerprint density at radius 3 is 2.43 bits per heavy atom. The fourth-order valence-electron chi connectivity index (χ4n) is 5.24. The van der Waals surface area contributed by atoms with Gasteiger partial charge < -0.3 is 15.1 Å². The van der Waals surface area contributed by atoms with Crippen LogP contribution in [-0.4, -0.2) is 77.0 Å². The largest absolute Gasteiger partial charge is 0.356 e. The van der Waals surface area contributed by atoms with E-state index in [2.05, 4.69) is 26.2 Å². The van der Waals surface area contributed by atoms with Crippen LogP contribution in [0.4, 0.5) is 11.8 Å². The molecular formula is C23H38N6O. The fourth-order valence-corrected chi connectivity index (χ4v) is 5.24. The number of carbonyl (C=O) groups is 1. The SMILES string of the molecule is CC(=O)N1CCC(N2CCCCC(Nc3nccc(N4CCCCCC4)n3)C2)CC1. The molecule has 7 nitrogen and oxygen atoms in total. The zero-order valence-corrected chi connectivity index (χ0v) is 18.6. The normalized spacial score (nSPS) is 24.9. The molecule has 1 unspecified atom stereocenters. The predicted octanol–water partition coefficient (Wildman–Crippen LogP) is 3.13. The number of nitrogens with one attached hydrogen (secondary N) is 1. The van der Waals surface area contributed by atoms with Gasteiger partial charge in [0.05, 0.1) is 0 Å². The molecule has 1 aromatic rings. The standard InChI is InChI=1S/C23H38N6O/c1-19(30)27-16-10-21(11-17-27)29-15-7-4-8-20(18-29)25-23-24-12-9-22(26-23)28-13-5-2-3-6-14-28/h9,12,20-21H,2-8,10-11,13-18H2,1H3,(H,24,25,26). The minimum Gasteiger partial charge on any atom is -0.356 e. The maximum Gasteiger partial charge on any atom is 0.224 e. The van der Waals surface area contributed by atoms with Gasteiger partial charge in [0, 0.05) is 57.9 Å². The molecule has 3 saturated heterocycles. The summed E-state index contributed by atoms with van der Waals surface area (Å²) in [5.41, 5.74) is 0. The molecule has 0 saturated carbocycles. The number of likely N-dealkylation sites (tertiary alicyclic amines) is 2. The van der Waals surface area contributed by atoms with Gasteiger partial charge in [-0.05, 0) is 51.1 Å². The highest BCUT2D eigenvalue weighted by molar-refractivity contribution is 5.73. The lowest BCUT2D eigenvalue weighted by Crippen LogP contribution is -2.48. The van der Waals surface area contributed by atoms with Crippen LogP contribution < -0.4 is 10.2 Å². The van der Waals surface area contributed by atoms with E-state index in [1.54, 1.807) is 6.92 Å². The molecule has 3 aliphatic heterocycles. The van der Waals surface area contributed by atoms with Crippen LogP contribution in [0.5, 0.6) is 0 Å². The number of piperidine rings is 1. The number of hydrogen-bond donors (Lipinski definition) is 1. The van der Waals surface area contributed by atoms with Gasteiger partial charge in [-0.1, -0.05) is 19.3 Å². The highest BCUT2D eigenvalue weighted by Gasteiger charge is 2.28. The van der Waals surface area contributed by atoms with Gasteiger partial charge >= 0.3 is 0 Å². The van der Waals surface area contributed by atoms with E-state index in [4.69, 9.17) is 4.98 Å². The van der Waals surface area contributed by atoms with Crippen LogP contribution in [0.1, 0.15) is 64.7 Å². The highest BCUT2D eigenvalue weighted by atomic mass is 16.2. The summed E-state index contributed by atoms with van der Waals surface area (Å²) < 4.78 is 0. The van der Waals surface area contributed by atoms with Gasteiger partial charge in [0.25, 0.3) is 0 Å². The van der Waals surface area contributed by atoms with Gasteiger partial charge in [-0.2, -0.15) is 4.98 Å². The quantitative estimate of drug-likeness (QED) is 0.817. The fraction of sp³-hybridized carbons (Fsp3) is 0.783. The van der Waals surface area contributed by atoms with Crippen molar-refractivity contribution < 1.29 is 4.79 Å². The third-order valence-electron chi connectivity index (χ3n) is 7.03. The summed E-state index contributed by atoms with van der Waals surface area (Å²) in [5, 5.41) is 3.66. The average molecular weight is 415 g/mol. The first kappa shape index (κ1) is 21.3. The van der Waals surface area contributed by atoms with Crippen LogP contribution in [0.15, 0.2) is 12.3 Å². The molecule has 0 radical (unpaired) electrons. The summed E-state index contributed by atoms with van der Waals surface area (Å²) in [6.45, 7) is 7.90. The molecule has 1 amide bonds. The predicted molar refractivity (Wildman–Crippen MR) is 121 cm³/mol. The Bertz CT molecular complexity index is 682. The van der Waals surface area contributed by atoms with Crippen LogP contribution in [0.25, 0.3) is 0 Å². The first-order valence-corrected chi connectivity index (χ1v) is 12.0. The molecule has 1 aromatic heterocycles. The Hall–Kier alpha value is -1.89. The van der Waals surface area contributed by atoms with Gasteiger partial charge in [0.15, 0.2) is 0 Å². The van der Waals surface area contributed by atoms with Crippen molar-refractivity contribution in [2.24, 2.45) is 0 Å². The van der Waals surface area contributed by atoms with E-state index in [9.17, 15) is 4.79 Å². The Kier molecular flexibility index (Phi) is 7.42. The number of rotatable bonds is 4. The number of nitrogens with zero attached hydrogens (tertiary/aromatic N) is 5. The van der Waals surface area contributed by atoms with Crippen LogP contribution in [0.3, 0.4) is 0 Å². The van der Waals surface area contributed by atoms with Gasteiger partial charge in [-0.15, -0.1) is 0 Å².